The molecule has 0 amide bonds. The third kappa shape index (κ3) is 6.15. The molecule has 104 valence electrons. The second-order valence-corrected chi connectivity index (χ2v) is 4.52. The largest absolute Gasteiger partial charge is 0.404 e. The predicted molar refractivity (Wildman–Crippen MR) is 82.0 cm³/mol. The Morgan fingerprint density at radius 3 is 2.74 bits per heavy atom. The first-order chi connectivity index (χ1) is 9.27. The molecule has 1 aromatic heterocycles. The van der Waals surface area contributed by atoms with E-state index >= 15 is 0 Å². The molecule has 0 radical (unpaired) electrons. The first kappa shape index (κ1) is 15.4. The Hall–Kier alpha value is -1.68. The highest BCUT2D eigenvalue weighted by Gasteiger charge is 1.99. The van der Waals surface area contributed by atoms with Gasteiger partial charge in [-0.25, -0.2) is 0 Å². The van der Waals surface area contributed by atoms with Crippen LogP contribution in [0.25, 0.3) is 5.57 Å². The van der Waals surface area contributed by atoms with Crippen molar-refractivity contribution >= 4 is 11.8 Å². The van der Waals surface area contributed by atoms with Gasteiger partial charge in [0.15, 0.2) is 0 Å². The zero-order chi connectivity index (χ0) is 13.9. The summed E-state index contributed by atoms with van der Waals surface area (Å²) in [4.78, 5) is 8.83. The van der Waals surface area contributed by atoms with E-state index in [-0.39, 0.29) is 0 Å². The van der Waals surface area contributed by atoms with E-state index in [4.69, 9.17) is 11.5 Å². The van der Waals surface area contributed by atoms with Gasteiger partial charge in [-0.15, -0.1) is 0 Å². The van der Waals surface area contributed by atoms with Crippen LogP contribution in [0.5, 0.6) is 0 Å². The number of aryl methyl sites for hydroxylation is 1. The van der Waals surface area contributed by atoms with E-state index in [1.54, 1.807) is 6.20 Å². The molecule has 4 N–H and O–H groups in total. The lowest BCUT2D eigenvalue weighted by atomic mass is 10.2. The average molecular weight is 260 g/mol. The fourth-order valence-corrected chi connectivity index (χ4v) is 1.76. The molecule has 0 aliphatic rings. The number of hydrogen-bond acceptors (Lipinski definition) is 4. The smallest absolute Gasteiger partial charge is 0.0734 e. The van der Waals surface area contributed by atoms with Gasteiger partial charge in [0.25, 0.3) is 0 Å². The van der Waals surface area contributed by atoms with Gasteiger partial charge in [0, 0.05) is 30.2 Å². The van der Waals surface area contributed by atoms with Gasteiger partial charge in [-0.05, 0) is 38.4 Å². The van der Waals surface area contributed by atoms with Crippen molar-refractivity contribution in [3.63, 3.8) is 0 Å². The van der Waals surface area contributed by atoms with Crippen molar-refractivity contribution in [2.24, 2.45) is 16.5 Å². The summed E-state index contributed by atoms with van der Waals surface area (Å²) < 4.78 is 0. The van der Waals surface area contributed by atoms with E-state index in [1.807, 2.05) is 31.3 Å². The molecule has 1 heterocycles. The lowest BCUT2D eigenvalue weighted by Crippen LogP contribution is -1.98. The third-order valence-electron chi connectivity index (χ3n) is 2.84. The van der Waals surface area contributed by atoms with Crippen molar-refractivity contribution in [1.29, 1.82) is 0 Å². The van der Waals surface area contributed by atoms with Crippen molar-refractivity contribution in [1.82, 2.24) is 4.98 Å². The van der Waals surface area contributed by atoms with Crippen LogP contribution in [0.1, 0.15) is 37.1 Å². The minimum atomic E-state index is 0.780. The third-order valence-corrected chi connectivity index (χ3v) is 2.84. The minimum Gasteiger partial charge on any atom is -0.404 e. The number of nitrogens with two attached hydrogens (primary N) is 2. The Morgan fingerprint density at radius 1 is 1.26 bits per heavy atom. The SMILES string of the molecule is Cc1cccc(C(C=NCCCCCCN)=CN)n1. The van der Waals surface area contributed by atoms with Gasteiger partial charge in [0.1, 0.15) is 0 Å². The van der Waals surface area contributed by atoms with Crippen molar-refractivity contribution in [2.45, 2.75) is 32.6 Å². The van der Waals surface area contributed by atoms with Gasteiger partial charge in [-0.1, -0.05) is 18.9 Å². The zero-order valence-electron chi connectivity index (χ0n) is 11.7. The number of rotatable bonds is 8. The number of hydrogen-bond donors (Lipinski definition) is 2. The monoisotopic (exact) mass is 260 g/mol. The maximum atomic E-state index is 5.63. The van der Waals surface area contributed by atoms with Gasteiger partial charge in [0.05, 0.1) is 5.69 Å². The lowest BCUT2D eigenvalue weighted by Gasteiger charge is -2.01. The zero-order valence-corrected chi connectivity index (χ0v) is 11.7. The number of pyridine rings is 1. The summed E-state index contributed by atoms with van der Waals surface area (Å²) in [6, 6.07) is 5.88. The molecule has 0 fully saturated rings. The summed E-state index contributed by atoms with van der Waals surface area (Å²) in [7, 11) is 0. The number of aliphatic imine (C=N–C) groups is 1. The van der Waals surface area contributed by atoms with Crippen LogP contribution in [0, 0.1) is 6.92 Å². The molecule has 4 heteroatoms. The highest BCUT2D eigenvalue weighted by molar-refractivity contribution is 6.08. The first-order valence-electron chi connectivity index (χ1n) is 6.83. The molecule has 0 saturated carbocycles. The minimum absolute atomic E-state index is 0.780. The van der Waals surface area contributed by atoms with E-state index < -0.39 is 0 Å². The normalized spacial score (nSPS) is 12.2. The van der Waals surface area contributed by atoms with Gasteiger partial charge >= 0.3 is 0 Å². The van der Waals surface area contributed by atoms with Crippen LogP contribution in [-0.4, -0.2) is 24.3 Å². The Labute approximate surface area is 115 Å². The highest BCUT2D eigenvalue weighted by atomic mass is 14.7. The van der Waals surface area contributed by atoms with Crippen LogP contribution < -0.4 is 11.5 Å². The molecule has 0 aromatic carbocycles. The van der Waals surface area contributed by atoms with Crippen LogP contribution in [0.4, 0.5) is 0 Å². The summed E-state index contributed by atoms with van der Waals surface area (Å²) in [5.41, 5.74) is 13.8. The number of unbranched alkanes of at least 4 members (excludes halogenated alkanes) is 3. The van der Waals surface area contributed by atoms with Crippen LogP contribution in [0.15, 0.2) is 29.4 Å². The van der Waals surface area contributed by atoms with E-state index in [1.165, 1.54) is 12.8 Å². The second-order valence-electron chi connectivity index (χ2n) is 4.52. The maximum Gasteiger partial charge on any atom is 0.0734 e. The molecule has 4 nitrogen and oxygen atoms in total. The second kappa shape index (κ2) is 9.28. The van der Waals surface area contributed by atoms with Gasteiger partial charge < -0.3 is 11.5 Å². The summed E-state index contributed by atoms with van der Waals surface area (Å²) in [5, 5.41) is 0. The molecule has 1 aromatic rings. The van der Waals surface area contributed by atoms with Crippen LogP contribution >= 0.6 is 0 Å². The van der Waals surface area contributed by atoms with Crippen molar-refractivity contribution in [3.8, 4) is 0 Å². The van der Waals surface area contributed by atoms with Crippen molar-refractivity contribution < 1.29 is 0 Å². The molecule has 1 rings (SSSR count). The topological polar surface area (TPSA) is 77.3 Å². The number of aromatic nitrogens is 1. The Balaban J connectivity index is 2.41. The molecular formula is C15H24N4. The van der Waals surface area contributed by atoms with E-state index in [0.717, 1.165) is 42.9 Å². The van der Waals surface area contributed by atoms with E-state index in [9.17, 15) is 0 Å². The molecule has 0 aliphatic carbocycles. The molecule has 0 atom stereocenters. The Morgan fingerprint density at radius 2 is 2.05 bits per heavy atom. The van der Waals surface area contributed by atoms with Crippen LogP contribution in [0.3, 0.4) is 0 Å². The Kier molecular flexibility index (Phi) is 7.51. The predicted octanol–water partition coefficient (Wildman–Crippen LogP) is 2.28. The van der Waals surface area contributed by atoms with Crippen LogP contribution in [-0.2, 0) is 0 Å². The fourth-order valence-electron chi connectivity index (χ4n) is 1.76. The summed E-state index contributed by atoms with van der Waals surface area (Å²) in [6.45, 7) is 3.57. The molecule has 0 spiro atoms. The Bertz CT molecular complexity index is 424. The highest BCUT2D eigenvalue weighted by Crippen LogP contribution is 2.09. The average Bonchev–Trinajstić information content (AvgIpc) is 2.42. The van der Waals surface area contributed by atoms with Gasteiger partial charge in [-0.3, -0.25) is 9.98 Å². The van der Waals surface area contributed by atoms with Crippen LogP contribution in [0.2, 0.25) is 0 Å². The van der Waals surface area contributed by atoms with Crippen molar-refractivity contribution in [2.75, 3.05) is 13.1 Å². The summed E-state index contributed by atoms with van der Waals surface area (Å²) in [6.07, 6.45) is 7.93. The molecular weight excluding hydrogens is 236 g/mol. The molecule has 0 unspecified atom stereocenters. The first-order valence-corrected chi connectivity index (χ1v) is 6.83. The standard InChI is InChI=1S/C15H24N4/c1-13-7-6-8-15(19-13)14(11-17)12-18-10-5-3-2-4-9-16/h6-8,11-12H,2-5,9-10,16-17H2,1H3. The van der Waals surface area contributed by atoms with Crippen molar-refractivity contribution in [3.05, 3.63) is 35.8 Å². The molecule has 0 saturated heterocycles. The van der Waals surface area contributed by atoms with E-state index in [2.05, 4.69) is 9.98 Å². The molecule has 0 aliphatic heterocycles. The summed E-state index contributed by atoms with van der Waals surface area (Å²) >= 11 is 0. The van der Waals surface area contributed by atoms with Gasteiger partial charge in [-0.2, -0.15) is 0 Å². The number of allylic oxidation sites excluding steroid dienone is 1. The molecule has 19 heavy (non-hydrogen) atoms. The van der Waals surface area contributed by atoms with Gasteiger partial charge in [0.2, 0.25) is 0 Å². The summed E-state index contributed by atoms with van der Waals surface area (Å²) in [5.74, 6) is 0. The number of nitrogens with zero attached hydrogens (tertiary/aromatic N) is 2. The molecule has 0 bridgehead atoms. The van der Waals surface area contributed by atoms with E-state index in [0.29, 0.717) is 0 Å². The fraction of sp³-hybridized carbons (Fsp3) is 0.467. The lowest BCUT2D eigenvalue weighted by molar-refractivity contribution is 0.654. The maximum absolute atomic E-state index is 5.63. The quantitative estimate of drug-likeness (QED) is 0.556.